The monoisotopic (exact) mass is 391 g/mol. The number of fused-ring (bicyclic) bond motifs is 1. The summed E-state index contributed by atoms with van der Waals surface area (Å²) in [5, 5.41) is 14.3. The first-order valence-corrected chi connectivity index (χ1v) is 8.86. The van der Waals surface area contributed by atoms with Gasteiger partial charge >= 0.3 is 5.76 Å². The average Bonchev–Trinajstić information content (AvgIpc) is 3.13. The fourth-order valence-electron chi connectivity index (χ4n) is 3.34. The van der Waals surface area contributed by atoms with E-state index in [0.717, 1.165) is 27.8 Å². The van der Waals surface area contributed by atoms with Crippen molar-refractivity contribution in [1.29, 1.82) is 0 Å². The number of hydrogen-bond acceptors (Lipinski definition) is 6. The van der Waals surface area contributed by atoms with Gasteiger partial charge in [0.1, 0.15) is 0 Å². The molecule has 4 aromatic rings. The third-order valence-corrected chi connectivity index (χ3v) is 4.73. The fraction of sp³-hybridized carbons (Fsp3) is 0.150. The van der Waals surface area contributed by atoms with Gasteiger partial charge in [0.25, 0.3) is 11.5 Å². The molecular formula is C20H17N5O4. The molecule has 1 amide bonds. The van der Waals surface area contributed by atoms with E-state index in [2.05, 4.69) is 30.2 Å². The third kappa shape index (κ3) is 3.57. The second-order valence-electron chi connectivity index (χ2n) is 6.71. The second kappa shape index (κ2) is 7.19. The van der Waals surface area contributed by atoms with E-state index < -0.39 is 11.7 Å². The van der Waals surface area contributed by atoms with Crippen LogP contribution in [0.3, 0.4) is 0 Å². The van der Waals surface area contributed by atoms with Crippen LogP contribution in [0.1, 0.15) is 33.0 Å². The number of rotatable bonds is 4. The SMILES string of the molecule is Cc1cc(NC(=O)c2noc(=O)[nH]2)cc(C)c1Cc1n[nH]c(=O)c2ccccc12. The fourth-order valence-corrected chi connectivity index (χ4v) is 3.34. The van der Waals surface area contributed by atoms with Gasteiger partial charge in [-0.2, -0.15) is 5.10 Å². The Hall–Kier alpha value is -4.01. The Bertz CT molecular complexity index is 1330. The number of aryl methyl sites for hydroxylation is 2. The zero-order valence-electron chi connectivity index (χ0n) is 15.7. The van der Waals surface area contributed by atoms with E-state index >= 15 is 0 Å². The van der Waals surface area contributed by atoms with Crippen molar-refractivity contribution in [3.63, 3.8) is 0 Å². The minimum Gasteiger partial charge on any atom is -0.319 e. The van der Waals surface area contributed by atoms with E-state index in [1.54, 1.807) is 6.07 Å². The molecule has 0 atom stereocenters. The molecule has 9 nitrogen and oxygen atoms in total. The van der Waals surface area contributed by atoms with Crippen LogP contribution < -0.4 is 16.6 Å². The average molecular weight is 391 g/mol. The lowest BCUT2D eigenvalue weighted by atomic mass is 9.96. The lowest BCUT2D eigenvalue weighted by molar-refractivity contribution is 0.101. The summed E-state index contributed by atoms with van der Waals surface area (Å²) in [5.74, 6) is -1.56. The van der Waals surface area contributed by atoms with Crippen LogP contribution >= 0.6 is 0 Å². The van der Waals surface area contributed by atoms with Crippen LogP contribution in [0.4, 0.5) is 5.69 Å². The third-order valence-electron chi connectivity index (χ3n) is 4.73. The van der Waals surface area contributed by atoms with Crippen LogP contribution in [0.15, 0.2) is 50.5 Å². The molecule has 3 N–H and O–H groups in total. The zero-order valence-corrected chi connectivity index (χ0v) is 15.7. The first-order valence-electron chi connectivity index (χ1n) is 8.86. The molecule has 9 heteroatoms. The summed E-state index contributed by atoms with van der Waals surface area (Å²) in [5.41, 5.74) is 4.06. The highest BCUT2D eigenvalue weighted by molar-refractivity contribution is 6.01. The predicted molar refractivity (Wildman–Crippen MR) is 106 cm³/mol. The number of carbonyl (C=O) groups is 1. The van der Waals surface area contributed by atoms with Crippen LogP contribution in [0.25, 0.3) is 10.8 Å². The largest absolute Gasteiger partial charge is 0.439 e. The highest BCUT2D eigenvalue weighted by Gasteiger charge is 2.15. The summed E-state index contributed by atoms with van der Waals surface area (Å²) in [6.45, 7) is 3.87. The maximum absolute atomic E-state index is 12.2. The number of hydrogen-bond donors (Lipinski definition) is 3. The standard InChI is InChI=1S/C20H17N5O4/c1-10-7-12(21-19(27)17-22-20(28)29-25-17)8-11(2)15(10)9-16-13-5-3-4-6-14(13)18(26)24-23-16/h3-8H,9H2,1-2H3,(H,21,27)(H,24,26)(H,22,25,28). The first-order chi connectivity index (χ1) is 13.9. The van der Waals surface area contributed by atoms with Crippen LogP contribution in [0, 0.1) is 13.8 Å². The molecule has 0 saturated heterocycles. The molecule has 0 aliphatic heterocycles. The molecule has 0 bridgehead atoms. The molecule has 0 spiro atoms. The number of aromatic amines is 2. The number of benzene rings is 2. The lowest BCUT2D eigenvalue weighted by Gasteiger charge is -2.13. The Morgan fingerprint density at radius 3 is 2.45 bits per heavy atom. The summed E-state index contributed by atoms with van der Waals surface area (Å²) in [7, 11) is 0. The molecule has 2 heterocycles. The first kappa shape index (κ1) is 18.4. The van der Waals surface area contributed by atoms with Gasteiger partial charge in [0.05, 0.1) is 11.1 Å². The van der Waals surface area contributed by atoms with Gasteiger partial charge in [0.2, 0.25) is 5.82 Å². The number of nitrogens with one attached hydrogen (secondary N) is 3. The zero-order chi connectivity index (χ0) is 20.5. The molecule has 0 unspecified atom stereocenters. The van der Waals surface area contributed by atoms with Crippen molar-refractivity contribution in [2.45, 2.75) is 20.3 Å². The van der Waals surface area contributed by atoms with E-state index in [4.69, 9.17) is 0 Å². The van der Waals surface area contributed by atoms with Gasteiger partial charge in [-0.1, -0.05) is 18.2 Å². The Morgan fingerprint density at radius 1 is 1.10 bits per heavy atom. The second-order valence-corrected chi connectivity index (χ2v) is 6.71. The molecule has 4 rings (SSSR count). The molecule has 2 aromatic carbocycles. The quantitative estimate of drug-likeness (QED) is 0.487. The highest BCUT2D eigenvalue weighted by Crippen LogP contribution is 2.24. The maximum Gasteiger partial charge on any atom is 0.439 e. The van der Waals surface area contributed by atoms with E-state index in [-0.39, 0.29) is 11.4 Å². The normalized spacial score (nSPS) is 11.0. The van der Waals surface area contributed by atoms with E-state index in [1.165, 1.54) is 0 Å². The Balaban J connectivity index is 1.65. The van der Waals surface area contributed by atoms with E-state index in [9.17, 15) is 14.4 Å². The van der Waals surface area contributed by atoms with Crippen LogP contribution in [0.5, 0.6) is 0 Å². The van der Waals surface area contributed by atoms with Gasteiger partial charge in [-0.3, -0.25) is 19.1 Å². The summed E-state index contributed by atoms with van der Waals surface area (Å²) in [6, 6.07) is 11.0. The number of amides is 1. The molecule has 146 valence electrons. The van der Waals surface area contributed by atoms with Crippen LogP contribution in [-0.2, 0) is 6.42 Å². The summed E-state index contributed by atoms with van der Waals surface area (Å²) in [6.07, 6.45) is 0.528. The van der Waals surface area contributed by atoms with Crippen molar-refractivity contribution in [2.24, 2.45) is 0 Å². The minimum atomic E-state index is -0.793. The molecule has 0 aliphatic carbocycles. The smallest absolute Gasteiger partial charge is 0.319 e. The number of nitrogens with zero attached hydrogens (tertiary/aromatic N) is 2. The van der Waals surface area contributed by atoms with Crippen molar-refractivity contribution in [3.8, 4) is 0 Å². The Morgan fingerprint density at radius 2 is 1.79 bits per heavy atom. The molecule has 0 aliphatic rings. The molecule has 2 aromatic heterocycles. The number of H-pyrrole nitrogens is 2. The summed E-state index contributed by atoms with van der Waals surface area (Å²) < 4.78 is 4.35. The van der Waals surface area contributed by atoms with Gasteiger partial charge in [0.15, 0.2) is 0 Å². The molecular weight excluding hydrogens is 374 g/mol. The topological polar surface area (TPSA) is 134 Å². The maximum atomic E-state index is 12.2. The molecule has 29 heavy (non-hydrogen) atoms. The number of anilines is 1. The van der Waals surface area contributed by atoms with Crippen molar-refractivity contribution < 1.29 is 9.32 Å². The summed E-state index contributed by atoms with van der Waals surface area (Å²) in [4.78, 5) is 37.4. The van der Waals surface area contributed by atoms with Crippen LogP contribution in [-0.4, -0.2) is 26.2 Å². The van der Waals surface area contributed by atoms with Crippen molar-refractivity contribution >= 4 is 22.4 Å². The number of carbonyl (C=O) groups excluding carboxylic acids is 1. The molecule has 0 saturated carbocycles. The van der Waals surface area contributed by atoms with E-state index in [0.29, 0.717) is 17.5 Å². The van der Waals surface area contributed by atoms with Gasteiger partial charge < -0.3 is 5.32 Å². The minimum absolute atomic E-state index is 0.196. The predicted octanol–water partition coefficient (Wildman–Crippen LogP) is 2.06. The molecule has 0 fully saturated rings. The van der Waals surface area contributed by atoms with Gasteiger partial charge in [-0.05, 0) is 53.9 Å². The highest BCUT2D eigenvalue weighted by atomic mass is 16.5. The van der Waals surface area contributed by atoms with Crippen LogP contribution in [0.2, 0.25) is 0 Å². The van der Waals surface area contributed by atoms with E-state index in [1.807, 2.05) is 44.2 Å². The Kier molecular flexibility index (Phi) is 4.55. The van der Waals surface area contributed by atoms with Gasteiger partial charge in [-0.25, -0.2) is 9.89 Å². The Labute approximate surface area is 163 Å². The molecule has 0 radical (unpaired) electrons. The van der Waals surface area contributed by atoms with Crippen molar-refractivity contribution in [2.75, 3.05) is 5.32 Å². The van der Waals surface area contributed by atoms with Crippen molar-refractivity contribution in [3.05, 3.63) is 85.5 Å². The lowest BCUT2D eigenvalue weighted by Crippen LogP contribution is -2.15. The van der Waals surface area contributed by atoms with Crippen molar-refractivity contribution in [1.82, 2.24) is 20.3 Å². The number of aromatic nitrogens is 4. The summed E-state index contributed by atoms with van der Waals surface area (Å²) >= 11 is 0. The van der Waals surface area contributed by atoms with Gasteiger partial charge in [0, 0.05) is 17.5 Å². The van der Waals surface area contributed by atoms with Gasteiger partial charge in [-0.15, -0.1) is 0 Å².